The lowest BCUT2D eigenvalue weighted by Crippen LogP contribution is -2.02. The van der Waals surface area contributed by atoms with Crippen LogP contribution in [0.3, 0.4) is 0 Å². The molecule has 0 bridgehead atoms. The lowest BCUT2D eigenvalue weighted by molar-refractivity contribution is 0.146. The second-order valence-electron chi connectivity index (χ2n) is 3.39. The first-order valence-electron chi connectivity index (χ1n) is 4.73. The van der Waals surface area contributed by atoms with E-state index in [4.69, 9.17) is 20.2 Å². The minimum Gasteiger partial charge on any atom is -0.496 e. The van der Waals surface area contributed by atoms with Crippen LogP contribution in [0.1, 0.15) is 17.6 Å². The van der Waals surface area contributed by atoms with E-state index < -0.39 is 21.2 Å². The Hall–Kier alpha value is -1.08. The molecule has 1 aromatic rings. The molecule has 1 aromatic carbocycles. The van der Waals surface area contributed by atoms with Crippen molar-refractivity contribution in [2.75, 3.05) is 14.2 Å². The van der Waals surface area contributed by atoms with Gasteiger partial charge >= 0.3 is 0 Å². The molecule has 0 spiro atoms. The standard InChI is InChI=1S/C10H11ClF2O4S/c1-16-8-4-7(10(12)13)9(17-2)3-6(8)5-18(11,14)15/h3-4,10H,5H2,1-2H3. The zero-order valence-corrected chi connectivity index (χ0v) is 11.2. The Balaban J connectivity index is 3.35. The largest absolute Gasteiger partial charge is 0.496 e. The molecule has 18 heavy (non-hydrogen) atoms. The van der Waals surface area contributed by atoms with Gasteiger partial charge in [-0.25, -0.2) is 17.2 Å². The molecule has 0 aromatic heterocycles. The maximum atomic E-state index is 12.7. The lowest BCUT2D eigenvalue weighted by Gasteiger charge is -2.13. The number of halogens is 3. The summed E-state index contributed by atoms with van der Waals surface area (Å²) in [5, 5.41) is 0. The van der Waals surface area contributed by atoms with Gasteiger partial charge in [0.2, 0.25) is 9.05 Å². The first kappa shape index (κ1) is 15.0. The van der Waals surface area contributed by atoms with Gasteiger partial charge in [-0.3, -0.25) is 0 Å². The topological polar surface area (TPSA) is 52.6 Å². The fraction of sp³-hybridized carbons (Fsp3) is 0.400. The van der Waals surface area contributed by atoms with Crippen molar-refractivity contribution in [1.29, 1.82) is 0 Å². The van der Waals surface area contributed by atoms with E-state index in [-0.39, 0.29) is 22.6 Å². The molecule has 0 N–H and O–H groups in total. The van der Waals surface area contributed by atoms with Crippen molar-refractivity contribution in [3.63, 3.8) is 0 Å². The van der Waals surface area contributed by atoms with Gasteiger partial charge in [0.1, 0.15) is 11.5 Å². The third kappa shape index (κ3) is 3.71. The molecule has 0 saturated carbocycles. The highest BCUT2D eigenvalue weighted by atomic mass is 35.7. The van der Waals surface area contributed by atoms with Crippen LogP contribution in [-0.2, 0) is 14.8 Å². The van der Waals surface area contributed by atoms with Gasteiger partial charge in [0.05, 0.1) is 25.5 Å². The van der Waals surface area contributed by atoms with Crippen LogP contribution in [-0.4, -0.2) is 22.6 Å². The number of hydrogen-bond acceptors (Lipinski definition) is 4. The van der Waals surface area contributed by atoms with E-state index in [9.17, 15) is 17.2 Å². The average molecular weight is 301 g/mol. The Kier molecular flexibility index (Phi) is 4.75. The van der Waals surface area contributed by atoms with Crippen LogP contribution < -0.4 is 9.47 Å². The number of alkyl halides is 2. The highest BCUT2D eigenvalue weighted by Gasteiger charge is 2.20. The Morgan fingerprint density at radius 1 is 1.22 bits per heavy atom. The molecular formula is C10H11ClF2O4S. The molecule has 0 aliphatic carbocycles. The van der Waals surface area contributed by atoms with Crippen LogP contribution >= 0.6 is 10.7 Å². The third-order valence-electron chi connectivity index (χ3n) is 2.20. The van der Waals surface area contributed by atoms with Crippen molar-refractivity contribution in [2.45, 2.75) is 12.2 Å². The summed E-state index contributed by atoms with van der Waals surface area (Å²) in [6, 6.07) is 2.22. The van der Waals surface area contributed by atoms with E-state index in [1.807, 2.05) is 0 Å². The Morgan fingerprint density at radius 2 is 1.78 bits per heavy atom. The van der Waals surface area contributed by atoms with Crippen LogP contribution in [0.15, 0.2) is 12.1 Å². The van der Waals surface area contributed by atoms with Crippen LogP contribution in [0.5, 0.6) is 11.5 Å². The van der Waals surface area contributed by atoms with Crippen molar-refractivity contribution in [3.05, 3.63) is 23.3 Å². The van der Waals surface area contributed by atoms with Crippen LogP contribution in [0.2, 0.25) is 0 Å². The predicted molar refractivity (Wildman–Crippen MR) is 63.0 cm³/mol. The summed E-state index contributed by atoms with van der Waals surface area (Å²) in [7, 11) is 3.77. The third-order valence-corrected chi connectivity index (χ3v) is 3.18. The minimum atomic E-state index is -3.82. The van der Waals surface area contributed by atoms with Crippen molar-refractivity contribution in [3.8, 4) is 11.5 Å². The van der Waals surface area contributed by atoms with Crippen molar-refractivity contribution in [1.82, 2.24) is 0 Å². The Bertz CT molecular complexity index is 531. The average Bonchev–Trinajstić information content (AvgIpc) is 2.25. The first-order valence-corrected chi connectivity index (χ1v) is 7.21. The molecule has 0 atom stereocenters. The highest BCUT2D eigenvalue weighted by molar-refractivity contribution is 8.13. The molecule has 102 valence electrons. The number of methoxy groups -OCH3 is 2. The van der Waals surface area contributed by atoms with E-state index in [1.165, 1.54) is 20.3 Å². The van der Waals surface area contributed by atoms with E-state index in [0.29, 0.717) is 0 Å². The zero-order chi connectivity index (χ0) is 13.9. The summed E-state index contributed by atoms with van der Waals surface area (Å²) < 4.78 is 57.1. The van der Waals surface area contributed by atoms with Gasteiger partial charge in [-0.15, -0.1) is 0 Å². The zero-order valence-electron chi connectivity index (χ0n) is 9.61. The molecule has 8 heteroatoms. The fourth-order valence-electron chi connectivity index (χ4n) is 1.45. The number of benzene rings is 1. The molecule has 0 aliphatic rings. The highest BCUT2D eigenvalue weighted by Crippen LogP contribution is 2.36. The molecule has 0 radical (unpaired) electrons. The SMILES string of the molecule is COc1cc(C(F)F)c(OC)cc1CS(=O)(=O)Cl. The van der Waals surface area contributed by atoms with Gasteiger partial charge in [0.15, 0.2) is 0 Å². The van der Waals surface area contributed by atoms with Crippen LogP contribution in [0.25, 0.3) is 0 Å². The van der Waals surface area contributed by atoms with Gasteiger partial charge < -0.3 is 9.47 Å². The van der Waals surface area contributed by atoms with E-state index >= 15 is 0 Å². The molecule has 1 rings (SSSR count). The van der Waals surface area contributed by atoms with Crippen LogP contribution in [0.4, 0.5) is 8.78 Å². The molecule has 0 amide bonds. The molecule has 0 aliphatic heterocycles. The Labute approximate surface area is 108 Å². The summed E-state index contributed by atoms with van der Waals surface area (Å²) in [6.07, 6.45) is -2.75. The molecule has 0 heterocycles. The minimum absolute atomic E-state index is 0.0234. The van der Waals surface area contributed by atoms with Crippen molar-refractivity contribution >= 4 is 19.7 Å². The number of rotatable bonds is 5. The van der Waals surface area contributed by atoms with Crippen LogP contribution in [0, 0.1) is 0 Å². The summed E-state index contributed by atoms with van der Waals surface area (Å²) in [5.41, 5.74) is -0.209. The second kappa shape index (κ2) is 5.71. The summed E-state index contributed by atoms with van der Waals surface area (Å²) in [5.74, 6) is -0.617. The summed E-state index contributed by atoms with van der Waals surface area (Å²) in [4.78, 5) is 0. The van der Waals surface area contributed by atoms with Crippen molar-refractivity contribution < 1.29 is 26.7 Å². The Morgan fingerprint density at radius 3 is 2.17 bits per heavy atom. The summed E-state index contributed by atoms with van der Waals surface area (Å²) in [6.45, 7) is 0. The second-order valence-corrected chi connectivity index (χ2v) is 6.17. The van der Waals surface area contributed by atoms with Gasteiger partial charge in [-0.05, 0) is 12.1 Å². The maximum Gasteiger partial charge on any atom is 0.267 e. The number of ether oxygens (including phenoxy) is 2. The van der Waals surface area contributed by atoms with Crippen molar-refractivity contribution in [2.24, 2.45) is 0 Å². The monoisotopic (exact) mass is 300 g/mol. The van der Waals surface area contributed by atoms with Gasteiger partial charge in [0.25, 0.3) is 6.43 Å². The fourth-order valence-corrected chi connectivity index (χ4v) is 2.40. The van der Waals surface area contributed by atoms with E-state index in [0.717, 1.165) is 6.07 Å². The predicted octanol–water partition coefficient (Wildman–Crippen LogP) is 2.71. The van der Waals surface area contributed by atoms with Gasteiger partial charge in [-0.2, -0.15) is 0 Å². The molecular weight excluding hydrogens is 290 g/mol. The molecule has 0 unspecified atom stereocenters. The smallest absolute Gasteiger partial charge is 0.267 e. The van der Waals surface area contributed by atoms with Gasteiger partial charge in [-0.1, -0.05) is 0 Å². The van der Waals surface area contributed by atoms with E-state index in [2.05, 4.69) is 0 Å². The molecule has 0 saturated heterocycles. The normalized spacial score (nSPS) is 11.7. The lowest BCUT2D eigenvalue weighted by atomic mass is 10.1. The van der Waals surface area contributed by atoms with Gasteiger partial charge in [0, 0.05) is 16.2 Å². The quantitative estimate of drug-likeness (QED) is 0.785. The number of hydrogen-bond donors (Lipinski definition) is 0. The molecule has 0 fully saturated rings. The maximum absolute atomic E-state index is 12.7. The molecule has 4 nitrogen and oxygen atoms in total. The summed E-state index contributed by atoms with van der Waals surface area (Å²) >= 11 is 0. The van der Waals surface area contributed by atoms with E-state index in [1.54, 1.807) is 0 Å². The first-order chi connectivity index (χ1) is 8.28.